The number of rotatable bonds is 4. The monoisotopic (exact) mass is 338 g/mol. The third-order valence-corrected chi connectivity index (χ3v) is 4.48. The molecule has 0 aliphatic carbocycles. The Balaban J connectivity index is 1.79. The van der Waals surface area contributed by atoms with Gasteiger partial charge in [0.2, 0.25) is 0 Å². The van der Waals surface area contributed by atoms with E-state index in [1.165, 1.54) is 36.8 Å². The fraction of sp³-hybridized carbons (Fsp3) is 0.263. The summed E-state index contributed by atoms with van der Waals surface area (Å²) in [7, 11) is 0. The Kier molecular flexibility index (Phi) is 5.00. The zero-order valence-corrected chi connectivity index (χ0v) is 13.9. The van der Waals surface area contributed by atoms with Gasteiger partial charge in [-0.3, -0.25) is 9.79 Å². The molecule has 0 radical (unpaired) electrons. The summed E-state index contributed by atoms with van der Waals surface area (Å²) in [5.74, 6) is -0.218. The first kappa shape index (κ1) is 17.0. The lowest BCUT2D eigenvalue weighted by Crippen LogP contribution is -2.28. The minimum absolute atomic E-state index is 0.0791. The first-order valence-corrected chi connectivity index (χ1v) is 8.31. The molecule has 2 aromatic rings. The van der Waals surface area contributed by atoms with Gasteiger partial charge in [-0.1, -0.05) is 12.1 Å². The Morgan fingerprint density at radius 1 is 1.28 bits per heavy atom. The number of hydrogen-bond acceptors (Lipinski definition) is 5. The number of amides is 1. The lowest BCUT2D eigenvalue weighted by Gasteiger charge is -2.23. The minimum Gasteiger partial charge on any atom is -0.508 e. The van der Waals surface area contributed by atoms with Crippen molar-refractivity contribution in [2.24, 2.45) is 10.7 Å². The second-order valence-electron chi connectivity index (χ2n) is 6.25. The number of aromatic hydroxyl groups is 1. The van der Waals surface area contributed by atoms with Crippen LogP contribution in [0.3, 0.4) is 0 Å². The van der Waals surface area contributed by atoms with Crippen LogP contribution < -0.4 is 16.8 Å². The summed E-state index contributed by atoms with van der Waals surface area (Å²) in [6, 6.07) is 10.8. The fourth-order valence-electron chi connectivity index (χ4n) is 3.08. The number of nitrogens with two attached hydrogens (primary N) is 2. The number of piperidine rings is 1. The highest BCUT2D eigenvalue weighted by atomic mass is 16.3. The second-order valence-corrected chi connectivity index (χ2v) is 6.25. The van der Waals surface area contributed by atoms with Gasteiger partial charge in [0.1, 0.15) is 5.75 Å². The van der Waals surface area contributed by atoms with E-state index in [4.69, 9.17) is 11.5 Å². The summed E-state index contributed by atoms with van der Waals surface area (Å²) in [6.45, 7) is 2.11. The number of hydrogen-bond donors (Lipinski definition) is 4. The van der Waals surface area contributed by atoms with Gasteiger partial charge < -0.3 is 21.9 Å². The molecule has 1 atom stereocenters. The topological polar surface area (TPSA) is 114 Å². The Hall–Kier alpha value is -2.86. The van der Waals surface area contributed by atoms with Crippen molar-refractivity contribution in [3.63, 3.8) is 0 Å². The summed E-state index contributed by atoms with van der Waals surface area (Å²) in [5, 5.41) is 13.1. The average Bonchev–Trinajstić information content (AvgIpc) is 2.63. The summed E-state index contributed by atoms with van der Waals surface area (Å²) >= 11 is 0. The van der Waals surface area contributed by atoms with E-state index in [2.05, 4.69) is 22.4 Å². The van der Waals surface area contributed by atoms with E-state index >= 15 is 0 Å². The molecule has 0 aromatic heterocycles. The molecule has 1 saturated heterocycles. The maximum Gasteiger partial charge on any atom is 0.250 e. The highest BCUT2D eigenvalue weighted by Crippen LogP contribution is 2.26. The molecule has 2 aromatic carbocycles. The van der Waals surface area contributed by atoms with Gasteiger partial charge in [0, 0.05) is 18.3 Å². The summed E-state index contributed by atoms with van der Waals surface area (Å²) in [4.78, 5) is 15.8. The Bertz CT molecular complexity index is 794. The van der Waals surface area contributed by atoms with Gasteiger partial charge in [-0.2, -0.15) is 0 Å². The number of aliphatic imine (C=N–C) groups is 1. The smallest absolute Gasteiger partial charge is 0.250 e. The van der Waals surface area contributed by atoms with Crippen molar-refractivity contribution in [2.45, 2.75) is 18.8 Å². The van der Waals surface area contributed by atoms with Gasteiger partial charge in [-0.25, -0.2) is 0 Å². The number of anilines is 1. The van der Waals surface area contributed by atoms with Crippen molar-refractivity contribution in [2.75, 3.05) is 18.8 Å². The van der Waals surface area contributed by atoms with E-state index in [0.717, 1.165) is 18.8 Å². The third-order valence-electron chi connectivity index (χ3n) is 4.48. The number of nitrogens with one attached hydrogen (secondary N) is 1. The van der Waals surface area contributed by atoms with Crippen molar-refractivity contribution >= 4 is 23.5 Å². The molecule has 6 N–H and O–H groups in total. The van der Waals surface area contributed by atoms with Crippen molar-refractivity contribution in [1.29, 1.82) is 0 Å². The van der Waals surface area contributed by atoms with Crippen LogP contribution in [0.4, 0.5) is 11.4 Å². The van der Waals surface area contributed by atoms with Crippen molar-refractivity contribution in [1.82, 2.24) is 5.32 Å². The summed E-state index contributed by atoms with van der Waals surface area (Å²) in [5.41, 5.74) is 14.0. The summed E-state index contributed by atoms with van der Waals surface area (Å²) < 4.78 is 0. The number of nitrogen functional groups attached to an aromatic ring is 1. The molecule has 0 unspecified atom stereocenters. The van der Waals surface area contributed by atoms with Crippen molar-refractivity contribution in [3.05, 3.63) is 53.1 Å². The zero-order valence-electron chi connectivity index (χ0n) is 13.9. The maximum absolute atomic E-state index is 11.4. The van der Waals surface area contributed by atoms with Gasteiger partial charge >= 0.3 is 0 Å². The molecule has 6 nitrogen and oxygen atoms in total. The largest absolute Gasteiger partial charge is 0.508 e. The van der Waals surface area contributed by atoms with Gasteiger partial charge in [0.15, 0.2) is 0 Å². The predicted molar refractivity (Wildman–Crippen MR) is 99.6 cm³/mol. The molecule has 0 bridgehead atoms. The van der Waals surface area contributed by atoms with Crippen LogP contribution in [0, 0.1) is 0 Å². The highest BCUT2D eigenvalue weighted by Gasteiger charge is 2.14. The number of benzene rings is 2. The molecule has 1 aliphatic heterocycles. The third kappa shape index (κ3) is 3.97. The molecule has 25 heavy (non-hydrogen) atoms. The van der Waals surface area contributed by atoms with Crippen LogP contribution in [0.25, 0.3) is 0 Å². The number of primary amides is 1. The van der Waals surface area contributed by atoms with Crippen molar-refractivity contribution < 1.29 is 9.90 Å². The number of nitrogens with zero attached hydrogens (tertiary/aromatic N) is 1. The van der Waals surface area contributed by atoms with Crippen LogP contribution in [0.2, 0.25) is 0 Å². The van der Waals surface area contributed by atoms with E-state index < -0.39 is 5.91 Å². The first-order chi connectivity index (χ1) is 12.0. The van der Waals surface area contributed by atoms with Gasteiger partial charge in [0.25, 0.3) is 5.91 Å². The molecule has 1 amide bonds. The molecule has 3 rings (SSSR count). The van der Waals surface area contributed by atoms with Crippen LogP contribution in [0.5, 0.6) is 5.75 Å². The Morgan fingerprint density at radius 3 is 2.68 bits per heavy atom. The van der Waals surface area contributed by atoms with E-state index in [9.17, 15) is 9.90 Å². The van der Waals surface area contributed by atoms with E-state index in [-0.39, 0.29) is 17.0 Å². The van der Waals surface area contributed by atoms with Gasteiger partial charge in [-0.15, -0.1) is 0 Å². The van der Waals surface area contributed by atoms with Crippen LogP contribution >= 0.6 is 0 Å². The van der Waals surface area contributed by atoms with Crippen LogP contribution in [-0.4, -0.2) is 30.3 Å². The second kappa shape index (κ2) is 7.36. The zero-order chi connectivity index (χ0) is 17.8. The SMILES string of the molecule is NC(=O)c1cc(O)cc(C=Nc2ccc([C@@H]3CCCNC3)cc2)c1N. The van der Waals surface area contributed by atoms with Crippen molar-refractivity contribution in [3.8, 4) is 5.75 Å². The lowest BCUT2D eigenvalue weighted by atomic mass is 9.92. The molecular weight excluding hydrogens is 316 g/mol. The minimum atomic E-state index is -0.687. The van der Waals surface area contributed by atoms with Gasteiger partial charge in [-0.05, 0) is 55.1 Å². The number of carbonyl (C=O) groups excluding carboxylic acids is 1. The number of phenolic OH excluding ortho intramolecular Hbond substituents is 1. The lowest BCUT2D eigenvalue weighted by molar-refractivity contribution is 0.100. The van der Waals surface area contributed by atoms with Crippen LogP contribution in [0.1, 0.15) is 40.2 Å². The maximum atomic E-state index is 11.4. The van der Waals surface area contributed by atoms with Crippen LogP contribution in [0.15, 0.2) is 41.4 Å². The molecule has 1 fully saturated rings. The first-order valence-electron chi connectivity index (χ1n) is 8.31. The van der Waals surface area contributed by atoms with Crippen LogP contribution in [-0.2, 0) is 0 Å². The predicted octanol–water partition coefficient (Wildman–Crippen LogP) is 2.29. The van der Waals surface area contributed by atoms with E-state index in [1.807, 2.05) is 12.1 Å². The molecule has 6 heteroatoms. The van der Waals surface area contributed by atoms with E-state index in [0.29, 0.717) is 11.5 Å². The quantitative estimate of drug-likeness (QED) is 0.389. The Morgan fingerprint density at radius 2 is 2.04 bits per heavy atom. The molecule has 1 heterocycles. The summed E-state index contributed by atoms with van der Waals surface area (Å²) in [6.07, 6.45) is 3.92. The molecule has 0 spiro atoms. The standard InChI is InChI=1S/C19H22N4O2/c20-18-14(8-16(24)9-17(18)19(21)25)11-23-15-5-3-12(4-6-15)13-2-1-7-22-10-13/h3-6,8-9,11,13,22,24H,1-2,7,10,20H2,(H2,21,25)/t13-/m1/s1. The number of phenols is 1. The molecule has 1 aliphatic rings. The average molecular weight is 338 g/mol. The van der Waals surface area contributed by atoms with Gasteiger partial charge in [0.05, 0.1) is 16.9 Å². The van der Waals surface area contributed by atoms with E-state index in [1.54, 1.807) is 0 Å². The highest BCUT2D eigenvalue weighted by molar-refractivity contribution is 6.03. The fourth-order valence-corrected chi connectivity index (χ4v) is 3.08. The molecular formula is C19H22N4O2. The number of carbonyl (C=O) groups is 1. The molecule has 130 valence electrons. The normalized spacial score (nSPS) is 17.7. The Labute approximate surface area is 146 Å². The molecule has 0 saturated carbocycles.